The summed E-state index contributed by atoms with van der Waals surface area (Å²) in [5, 5.41) is 4.40. The Hall–Kier alpha value is -2.18. The summed E-state index contributed by atoms with van der Waals surface area (Å²) < 4.78 is 10.3. The molecule has 0 unspecified atom stereocenters. The third-order valence-electron chi connectivity index (χ3n) is 3.85. The summed E-state index contributed by atoms with van der Waals surface area (Å²) in [7, 11) is 0. The Kier molecular flexibility index (Phi) is 3.96. The summed E-state index contributed by atoms with van der Waals surface area (Å²) >= 11 is 0. The van der Waals surface area contributed by atoms with E-state index in [0.29, 0.717) is 22.8 Å². The second kappa shape index (κ2) is 5.90. The van der Waals surface area contributed by atoms with Gasteiger partial charge in [-0.15, -0.1) is 0 Å². The lowest BCUT2D eigenvalue weighted by Crippen LogP contribution is -2.35. The van der Waals surface area contributed by atoms with E-state index in [9.17, 15) is 4.79 Å². The molecule has 3 rings (SSSR count). The molecule has 7 nitrogen and oxygen atoms in total. The van der Waals surface area contributed by atoms with E-state index < -0.39 is 5.97 Å². The van der Waals surface area contributed by atoms with Crippen LogP contribution in [0.3, 0.4) is 0 Å². The van der Waals surface area contributed by atoms with E-state index in [0.717, 1.165) is 25.3 Å². The standard InChI is InChI=1S/C15H20N4O3/c1-4-21-15(20)12-11-13(19-7-5-6-9(2)8-19)16-10(3)17-14(11)22-18-12/h9H,4-8H2,1-3H3/t9-/m0/s1. The van der Waals surface area contributed by atoms with Crippen molar-refractivity contribution < 1.29 is 14.1 Å². The van der Waals surface area contributed by atoms with E-state index in [4.69, 9.17) is 9.26 Å². The zero-order valence-corrected chi connectivity index (χ0v) is 13.1. The average molecular weight is 304 g/mol. The summed E-state index contributed by atoms with van der Waals surface area (Å²) in [4.78, 5) is 23.1. The average Bonchev–Trinajstić information content (AvgIpc) is 2.90. The monoisotopic (exact) mass is 304 g/mol. The fraction of sp³-hybridized carbons (Fsp3) is 0.600. The molecule has 2 aromatic heterocycles. The second-order valence-electron chi connectivity index (χ2n) is 5.72. The van der Waals surface area contributed by atoms with Crippen molar-refractivity contribution in [3.8, 4) is 0 Å². The summed E-state index contributed by atoms with van der Waals surface area (Å²) in [5.41, 5.74) is 0.494. The molecule has 0 saturated carbocycles. The summed E-state index contributed by atoms with van der Waals surface area (Å²) in [5.74, 6) is 1.41. The number of anilines is 1. The molecule has 1 atom stereocenters. The second-order valence-corrected chi connectivity index (χ2v) is 5.72. The van der Waals surface area contributed by atoms with Crippen LogP contribution < -0.4 is 4.90 Å². The van der Waals surface area contributed by atoms with E-state index in [1.165, 1.54) is 6.42 Å². The van der Waals surface area contributed by atoms with Crippen LogP contribution in [0.5, 0.6) is 0 Å². The zero-order chi connectivity index (χ0) is 15.7. The van der Waals surface area contributed by atoms with Crippen molar-refractivity contribution in [2.24, 2.45) is 5.92 Å². The Labute approximate surface area is 128 Å². The third-order valence-corrected chi connectivity index (χ3v) is 3.85. The number of piperidine rings is 1. The fourth-order valence-electron chi connectivity index (χ4n) is 2.89. The molecule has 0 radical (unpaired) electrons. The van der Waals surface area contributed by atoms with E-state index in [2.05, 4.69) is 26.9 Å². The van der Waals surface area contributed by atoms with Crippen molar-refractivity contribution in [2.75, 3.05) is 24.6 Å². The van der Waals surface area contributed by atoms with Crippen LogP contribution in [0, 0.1) is 12.8 Å². The first-order valence-electron chi connectivity index (χ1n) is 7.66. The first-order chi connectivity index (χ1) is 10.6. The molecule has 7 heteroatoms. The number of ether oxygens (including phenoxy) is 1. The molecular formula is C15H20N4O3. The van der Waals surface area contributed by atoms with Crippen LogP contribution in [0.1, 0.15) is 43.0 Å². The van der Waals surface area contributed by atoms with E-state index >= 15 is 0 Å². The van der Waals surface area contributed by atoms with Gasteiger partial charge in [0.1, 0.15) is 17.0 Å². The number of fused-ring (bicyclic) bond motifs is 1. The molecule has 22 heavy (non-hydrogen) atoms. The number of nitrogens with zero attached hydrogens (tertiary/aromatic N) is 4. The van der Waals surface area contributed by atoms with Gasteiger partial charge in [0.25, 0.3) is 5.71 Å². The number of carbonyl (C=O) groups is 1. The molecule has 2 aromatic rings. The summed E-state index contributed by atoms with van der Waals surface area (Å²) in [6.07, 6.45) is 2.31. The van der Waals surface area contributed by atoms with Gasteiger partial charge in [-0.3, -0.25) is 0 Å². The van der Waals surface area contributed by atoms with Crippen LogP contribution in [0.2, 0.25) is 0 Å². The van der Waals surface area contributed by atoms with Gasteiger partial charge in [-0.05, 0) is 32.6 Å². The van der Waals surface area contributed by atoms with Crippen molar-refractivity contribution in [3.05, 3.63) is 11.5 Å². The van der Waals surface area contributed by atoms with Crippen molar-refractivity contribution in [1.29, 1.82) is 0 Å². The van der Waals surface area contributed by atoms with Crippen LogP contribution >= 0.6 is 0 Å². The molecule has 0 spiro atoms. The normalized spacial score (nSPS) is 18.7. The largest absolute Gasteiger partial charge is 0.461 e. The predicted octanol–water partition coefficient (Wildman–Crippen LogP) is 2.34. The quantitative estimate of drug-likeness (QED) is 0.805. The van der Waals surface area contributed by atoms with Gasteiger partial charge >= 0.3 is 5.97 Å². The summed E-state index contributed by atoms with van der Waals surface area (Å²) in [6.45, 7) is 7.88. The molecule has 1 aliphatic heterocycles. The molecule has 118 valence electrons. The number of carbonyl (C=O) groups excluding carboxylic acids is 1. The molecule has 0 N–H and O–H groups in total. The molecule has 1 aliphatic rings. The highest BCUT2D eigenvalue weighted by Gasteiger charge is 2.27. The molecule has 0 aromatic carbocycles. The highest BCUT2D eigenvalue weighted by molar-refractivity contribution is 6.04. The number of esters is 1. The van der Waals surface area contributed by atoms with Crippen molar-refractivity contribution in [2.45, 2.75) is 33.6 Å². The van der Waals surface area contributed by atoms with Gasteiger partial charge in [-0.1, -0.05) is 12.1 Å². The number of hydrogen-bond acceptors (Lipinski definition) is 7. The highest BCUT2D eigenvalue weighted by atomic mass is 16.5. The van der Waals surface area contributed by atoms with Crippen LogP contribution in [0.25, 0.3) is 11.1 Å². The molecule has 3 heterocycles. The molecular weight excluding hydrogens is 284 g/mol. The molecule has 0 aliphatic carbocycles. The number of hydrogen-bond donors (Lipinski definition) is 0. The number of aromatic nitrogens is 3. The lowest BCUT2D eigenvalue weighted by Gasteiger charge is -2.32. The van der Waals surface area contributed by atoms with Gasteiger partial charge < -0.3 is 14.2 Å². The molecule has 1 fully saturated rings. The molecule has 0 bridgehead atoms. The van der Waals surface area contributed by atoms with Gasteiger partial charge in [0.2, 0.25) is 5.69 Å². The topological polar surface area (TPSA) is 81.3 Å². The number of aryl methyl sites for hydroxylation is 1. The smallest absolute Gasteiger partial charge is 0.361 e. The van der Waals surface area contributed by atoms with Crippen molar-refractivity contribution >= 4 is 22.9 Å². The Morgan fingerprint density at radius 1 is 1.45 bits per heavy atom. The lowest BCUT2D eigenvalue weighted by molar-refractivity contribution is 0.0517. The minimum Gasteiger partial charge on any atom is -0.461 e. The highest BCUT2D eigenvalue weighted by Crippen LogP contribution is 2.30. The van der Waals surface area contributed by atoms with E-state index in [1.807, 2.05) is 6.92 Å². The van der Waals surface area contributed by atoms with E-state index in [-0.39, 0.29) is 12.3 Å². The fourth-order valence-corrected chi connectivity index (χ4v) is 2.89. The van der Waals surface area contributed by atoms with Gasteiger partial charge in [-0.25, -0.2) is 9.78 Å². The Morgan fingerprint density at radius 2 is 2.27 bits per heavy atom. The van der Waals surface area contributed by atoms with Crippen LogP contribution in [0.4, 0.5) is 5.82 Å². The molecule has 1 saturated heterocycles. The first-order valence-corrected chi connectivity index (χ1v) is 7.66. The lowest BCUT2D eigenvalue weighted by atomic mass is 10.00. The minimum atomic E-state index is -0.500. The van der Waals surface area contributed by atoms with Crippen LogP contribution in [0.15, 0.2) is 4.52 Å². The van der Waals surface area contributed by atoms with Gasteiger partial charge in [0.05, 0.1) is 6.61 Å². The SMILES string of the molecule is CCOC(=O)c1noc2nc(C)nc(N3CCC[C@H](C)C3)c12. The Balaban J connectivity index is 2.10. The van der Waals surface area contributed by atoms with E-state index in [1.54, 1.807) is 6.92 Å². The Bertz CT molecular complexity index is 697. The zero-order valence-electron chi connectivity index (χ0n) is 13.1. The summed E-state index contributed by atoms with van der Waals surface area (Å²) in [6, 6.07) is 0. The van der Waals surface area contributed by atoms with Crippen LogP contribution in [-0.4, -0.2) is 40.8 Å². The molecule has 0 amide bonds. The van der Waals surface area contributed by atoms with Crippen molar-refractivity contribution in [3.63, 3.8) is 0 Å². The predicted molar refractivity (Wildman–Crippen MR) is 80.9 cm³/mol. The third kappa shape index (κ3) is 2.63. The Morgan fingerprint density at radius 3 is 3.00 bits per heavy atom. The van der Waals surface area contributed by atoms with Gasteiger partial charge in [0.15, 0.2) is 0 Å². The minimum absolute atomic E-state index is 0.157. The maximum atomic E-state index is 12.1. The van der Waals surface area contributed by atoms with Crippen molar-refractivity contribution in [1.82, 2.24) is 15.1 Å². The van der Waals surface area contributed by atoms with Gasteiger partial charge in [0, 0.05) is 13.1 Å². The number of rotatable bonds is 3. The maximum Gasteiger partial charge on any atom is 0.361 e. The first kappa shape index (κ1) is 14.7. The maximum absolute atomic E-state index is 12.1. The van der Waals surface area contributed by atoms with Crippen LogP contribution in [-0.2, 0) is 4.74 Å². The van der Waals surface area contributed by atoms with Gasteiger partial charge in [-0.2, -0.15) is 4.98 Å².